The highest BCUT2D eigenvalue weighted by molar-refractivity contribution is 5.85. The fraction of sp³-hybridized carbons (Fsp3) is 0.833. The van der Waals surface area contributed by atoms with Crippen LogP contribution >= 0.6 is 0 Å². The quantitative estimate of drug-likeness (QED) is 0.717. The van der Waals surface area contributed by atoms with Crippen LogP contribution in [0.2, 0.25) is 0 Å². The van der Waals surface area contributed by atoms with E-state index in [9.17, 15) is 9.59 Å². The van der Waals surface area contributed by atoms with E-state index in [1.54, 1.807) is 0 Å². The first-order chi connectivity index (χ1) is 8.15. The van der Waals surface area contributed by atoms with Crippen molar-refractivity contribution in [2.45, 2.75) is 32.6 Å². The molecule has 1 atom stereocenters. The predicted octanol–water partition coefficient (Wildman–Crippen LogP) is 0.100. The minimum absolute atomic E-state index is 0.0259. The van der Waals surface area contributed by atoms with Gasteiger partial charge in [0.2, 0.25) is 11.8 Å². The molecule has 0 aromatic heterocycles. The SMILES string of the molecule is CC(CCN)C(=O)NCC(=O)N1CCCCC1. The van der Waals surface area contributed by atoms with Gasteiger partial charge in [-0.15, -0.1) is 0 Å². The Morgan fingerprint density at radius 2 is 1.94 bits per heavy atom. The molecular weight excluding hydrogens is 218 g/mol. The van der Waals surface area contributed by atoms with E-state index < -0.39 is 0 Å². The van der Waals surface area contributed by atoms with E-state index in [4.69, 9.17) is 5.73 Å². The van der Waals surface area contributed by atoms with Crippen molar-refractivity contribution in [1.29, 1.82) is 0 Å². The van der Waals surface area contributed by atoms with E-state index in [1.165, 1.54) is 6.42 Å². The van der Waals surface area contributed by atoms with Gasteiger partial charge in [0.1, 0.15) is 0 Å². The van der Waals surface area contributed by atoms with Crippen LogP contribution in [0.1, 0.15) is 32.6 Å². The average molecular weight is 241 g/mol. The van der Waals surface area contributed by atoms with Gasteiger partial charge >= 0.3 is 0 Å². The molecule has 2 amide bonds. The van der Waals surface area contributed by atoms with Crippen LogP contribution in [0.15, 0.2) is 0 Å². The van der Waals surface area contributed by atoms with Crippen molar-refractivity contribution in [3.8, 4) is 0 Å². The fourth-order valence-electron chi connectivity index (χ4n) is 1.97. The minimum Gasteiger partial charge on any atom is -0.347 e. The largest absolute Gasteiger partial charge is 0.347 e. The molecule has 1 aliphatic heterocycles. The summed E-state index contributed by atoms with van der Waals surface area (Å²) in [7, 11) is 0. The highest BCUT2D eigenvalue weighted by Crippen LogP contribution is 2.08. The second kappa shape index (κ2) is 7.27. The third-order valence-electron chi connectivity index (χ3n) is 3.17. The number of nitrogens with zero attached hydrogens (tertiary/aromatic N) is 1. The first-order valence-corrected chi connectivity index (χ1v) is 6.40. The Kier molecular flexibility index (Phi) is 5.97. The lowest BCUT2D eigenvalue weighted by Crippen LogP contribution is -2.43. The van der Waals surface area contributed by atoms with Crippen molar-refractivity contribution in [3.05, 3.63) is 0 Å². The van der Waals surface area contributed by atoms with Crippen molar-refractivity contribution in [2.75, 3.05) is 26.2 Å². The van der Waals surface area contributed by atoms with E-state index in [1.807, 2.05) is 11.8 Å². The topological polar surface area (TPSA) is 75.4 Å². The van der Waals surface area contributed by atoms with Crippen LogP contribution in [0.5, 0.6) is 0 Å². The number of nitrogens with one attached hydrogen (secondary N) is 1. The summed E-state index contributed by atoms with van der Waals surface area (Å²) in [6, 6.07) is 0. The lowest BCUT2D eigenvalue weighted by atomic mass is 10.1. The maximum atomic E-state index is 11.8. The highest BCUT2D eigenvalue weighted by Gasteiger charge is 2.18. The zero-order valence-electron chi connectivity index (χ0n) is 10.6. The summed E-state index contributed by atoms with van der Waals surface area (Å²) >= 11 is 0. The molecule has 5 nitrogen and oxygen atoms in total. The third kappa shape index (κ3) is 4.73. The second-order valence-corrected chi connectivity index (χ2v) is 4.64. The molecule has 98 valence electrons. The standard InChI is InChI=1S/C12H23N3O2/c1-10(5-6-13)12(17)14-9-11(16)15-7-3-2-4-8-15/h10H,2-9,13H2,1H3,(H,14,17). The first-order valence-electron chi connectivity index (χ1n) is 6.40. The summed E-state index contributed by atoms with van der Waals surface area (Å²) in [5, 5.41) is 2.68. The lowest BCUT2D eigenvalue weighted by molar-refractivity contribution is -0.134. The van der Waals surface area contributed by atoms with E-state index in [-0.39, 0.29) is 24.3 Å². The molecule has 3 N–H and O–H groups in total. The molecule has 0 saturated carbocycles. The first kappa shape index (κ1) is 14.0. The number of likely N-dealkylation sites (tertiary alicyclic amines) is 1. The molecule has 1 saturated heterocycles. The van der Waals surface area contributed by atoms with Crippen molar-refractivity contribution < 1.29 is 9.59 Å². The van der Waals surface area contributed by atoms with Crippen LogP contribution in [0.3, 0.4) is 0 Å². The zero-order valence-corrected chi connectivity index (χ0v) is 10.6. The van der Waals surface area contributed by atoms with Gasteiger partial charge in [-0.3, -0.25) is 9.59 Å². The maximum Gasteiger partial charge on any atom is 0.241 e. The van der Waals surface area contributed by atoms with Gasteiger partial charge in [0.25, 0.3) is 0 Å². The summed E-state index contributed by atoms with van der Waals surface area (Å²) in [6.45, 7) is 4.09. The van der Waals surface area contributed by atoms with E-state index in [2.05, 4.69) is 5.32 Å². The summed E-state index contributed by atoms with van der Waals surface area (Å²) in [5.74, 6) is -0.173. The summed E-state index contributed by atoms with van der Waals surface area (Å²) in [5.41, 5.74) is 5.38. The van der Waals surface area contributed by atoms with E-state index in [0.29, 0.717) is 13.0 Å². The number of carbonyl (C=O) groups is 2. The molecule has 1 unspecified atom stereocenters. The summed E-state index contributed by atoms with van der Waals surface area (Å²) < 4.78 is 0. The number of amides is 2. The average Bonchev–Trinajstić information content (AvgIpc) is 2.36. The number of carbonyl (C=O) groups excluding carboxylic acids is 2. The van der Waals surface area contributed by atoms with Crippen LogP contribution in [0.4, 0.5) is 0 Å². The Morgan fingerprint density at radius 1 is 1.29 bits per heavy atom. The van der Waals surface area contributed by atoms with Crippen LogP contribution in [-0.2, 0) is 9.59 Å². The predicted molar refractivity (Wildman–Crippen MR) is 66.3 cm³/mol. The van der Waals surface area contributed by atoms with Gasteiger partial charge in [-0.1, -0.05) is 6.92 Å². The number of piperidine rings is 1. The smallest absolute Gasteiger partial charge is 0.241 e. The highest BCUT2D eigenvalue weighted by atomic mass is 16.2. The normalized spacial score (nSPS) is 17.6. The number of hydrogen-bond acceptors (Lipinski definition) is 3. The van der Waals surface area contributed by atoms with Gasteiger partial charge in [0.05, 0.1) is 6.54 Å². The molecule has 0 aromatic rings. The molecule has 0 radical (unpaired) electrons. The third-order valence-corrected chi connectivity index (χ3v) is 3.17. The van der Waals surface area contributed by atoms with Crippen molar-refractivity contribution in [1.82, 2.24) is 10.2 Å². The van der Waals surface area contributed by atoms with Crippen LogP contribution in [0.25, 0.3) is 0 Å². The van der Waals surface area contributed by atoms with Crippen molar-refractivity contribution >= 4 is 11.8 Å². The minimum atomic E-state index is -0.117. The Balaban J connectivity index is 2.24. The monoisotopic (exact) mass is 241 g/mol. The Hall–Kier alpha value is -1.10. The molecule has 0 spiro atoms. The maximum absolute atomic E-state index is 11.8. The van der Waals surface area contributed by atoms with Crippen LogP contribution in [0, 0.1) is 5.92 Å². The molecule has 1 aliphatic rings. The van der Waals surface area contributed by atoms with Crippen LogP contribution < -0.4 is 11.1 Å². The molecule has 1 rings (SSSR count). The number of rotatable bonds is 5. The molecule has 1 fully saturated rings. The Morgan fingerprint density at radius 3 is 2.53 bits per heavy atom. The Bertz CT molecular complexity index is 262. The zero-order chi connectivity index (χ0) is 12.7. The van der Waals surface area contributed by atoms with Crippen molar-refractivity contribution in [3.63, 3.8) is 0 Å². The lowest BCUT2D eigenvalue weighted by Gasteiger charge is -2.26. The molecule has 0 aromatic carbocycles. The molecule has 0 aliphatic carbocycles. The Labute approximate surface area is 103 Å². The number of hydrogen-bond donors (Lipinski definition) is 2. The van der Waals surface area contributed by atoms with Gasteiger partial charge in [0.15, 0.2) is 0 Å². The fourth-order valence-corrected chi connectivity index (χ4v) is 1.97. The second-order valence-electron chi connectivity index (χ2n) is 4.64. The van der Waals surface area contributed by atoms with Gasteiger partial charge < -0.3 is 16.0 Å². The van der Waals surface area contributed by atoms with E-state index >= 15 is 0 Å². The molecule has 5 heteroatoms. The summed E-state index contributed by atoms with van der Waals surface area (Å²) in [6.07, 6.45) is 4.00. The molecule has 17 heavy (non-hydrogen) atoms. The van der Waals surface area contributed by atoms with E-state index in [0.717, 1.165) is 25.9 Å². The van der Waals surface area contributed by atoms with Crippen LogP contribution in [-0.4, -0.2) is 42.9 Å². The van der Waals surface area contributed by atoms with Gasteiger partial charge in [-0.2, -0.15) is 0 Å². The molecular formula is C12H23N3O2. The summed E-state index contributed by atoms with van der Waals surface area (Å²) in [4.78, 5) is 25.2. The van der Waals surface area contributed by atoms with Gasteiger partial charge in [-0.25, -0.2) is 0 Å². The molecule has 1 heterocycles. The molecule has 0 bridgehead atoms. The van der Waals surface area contributed by atoms with Gasteiger partial charge in [0, 0.05) is 19.0 Å². The van der Waals surface area contributed by atoms with Crippen molar-refractivity contribution in [2.24, 2.45) is 11.7 Å². The number of nitrogens with two attached hydrogens (primary N) is 1. The van der Waals surface area contributed by atoms with Gasteiger partial charge in [-0.05, 0) is 32.2 Å².